The summed E-state index contributed by atoms with van der Waals surface area (Å²) in [5.74, 6) is 0. The third-order valence-electron chi connectivity index (χ3n) is 3.27. The van der Waals surface area contributed by atoms with Crippen molar-refractivity contribution in [2.75, 3.05) is 32.6 Å². The van der Waals surface area contributed by atoms with Crippen molar-refractivity contribution in [2.24, 2.45) is 0 Å². The number of anilines is 1. The molecule has 0 radical (unpaired) electrons. The summed E-state index contributed by atoms with van der Waals surface area (Å²) in [6.07, 6.45) is 2.40. The van der Waals surface area contributed by atoms with Gasteiger partial charge in [-0.1, -0.05) is 38.1 Å². The van der Waals surface area contributed by atoms with Gasteiger partial charge in [0.25, 0.3) is 0 Å². The highest BCUT2D eigenvalue weighted by atomic mass is 28.4. The fraction of sp³-hybridized carbons (Fsp3) is 0.500. The molecule has 0 fully saturated rings. The maximum atomic E-state index is 6.02. The molecule has 1 aromatic carbocycles. The van der Waals surface area contributed by atoms with Crippen molar-refractivity contribution >= 4 is 14.5 Å². The first-order valence-electron chi connectivity index (χ1n) is 7.62. The Kier molecular flexibility index (Phi) is 9.03. The molecule has 22 heavy (non-hydrogen) atoms. The van der Waals surface area contributed by atoms with E-state index in [1.54, 1.807) is 20.3 Å². The Morgan fingerprint density at radius 2 is 1.86 bits per heavy atom. The van der Waals surface area contributed by atoms with Gasteiger partial charge in [0.15, 0.2) is 0 Å². The summed E-state index contributed by atoms with van der Waals surface area (Å²) < 4.78 is 17.1. The molecule has 0 heterocycles. The smallest absolute Gasteiger partial charge is 0.384 e. The van der Waals surface area contributed by atoms with E-state index in [0.717, 1.165) is 31.2 Å². The third kappa shape index (κ3) is 6.29. The zero-order valence-electron chi connectivity index (χ0n) is 13.8. The Morgan fingerprint density at radius 3 is 2.41 bits per heavy atom. The van der Waals surface area contributed by atoms with Gasteiger partial charge in [0, 0.05) is 39.0 Å². The van der Waals surface area contributed by atoms with Gasteiger partial charge in [0.1, 0.15) is 6.23 Å². The number of hydrogen-bond acceptors (Lipinski definition) is 5. The molecule has 124 valence electrons. The molecule has 1 aromatic rings. The Hall–Kier alpha value is -1.18. The predicted molar refractivity (Wildman–Crippen MR) is 92.9 cm³/mol. The molecule has 1 atom stereocenters. The Balaban J connectivity index is 2.39. The summed E-state index contributed by atoms with van der Waals surface area (Å²) in [6, 6.07) is 10.9. The molecule has 1 rings (SSSR count). The lowest BCUT2D eigenvalue weighted by atomic mass is 10.3. The quantitative estimate of drug-likeness (QED) is 0.268. The van der Waals surface area contributed by atoms with Crippen LogP contribution in [0, 0.1) is 0 Å². The Bertz CT molecular complexity index is 413. The second kappa shape index (κ2) is 10.5. The van der Waals surface area contributed by atoms with Crippen LogP contribution in [0.25, 0.3) is 0 Å². The molecule has 5 nitrogen and oxygen atoms in total. The normalized spacial score (nSPS) is 12.9. The molecule has 2 N–H and O–H groups in total. The van der Waals surface area contributed by atoms with Gasteiger partial charge in [-0.3, -0.25) is 5.32 Å². The van der Waals surface area contributed by atoms with Crippen molar-refractivity contribution in [2.45, 2.75) is 25.6 Å². The van der Waals surface area contributed by atoms with Gasteiger partial charge in [-0.15, -0.1) is 0 Å². The minimum absolute atomic E-state index is 0.282. The van der Waals surface area contributed by atoms with Crippen LogP contribution in [-0.2, 0) is 13.3 Å². The molecule has 0 amide bonds. The lowest BCUT2D eigenvalue weighted by Gasteiger charge is -2.30. The van der Waals surface area contributed by atoms with E-state index in [1.165, 1.54) is 0 Å². The standard InChI is InChI=1S/C16H28N2O3Si/c1-5-14-22(19-3,20-4)21-16(6-2)18-13-12-17-15-10-8-7-9-11-15/h6-11,16-18H,2,5,12-14H2,1,3-4H3. The van der Waals surface area contributed by atoms with Crippen molar-refractivity contribution < 1.29 is 13.3 Å². The number of rotatable bonds is 12. The number of para-hydroxylation sites is 1. The van der Waals surface area contributed by atoms with Crippen LogP contribution in [0.2, 0.25) is 6.04 Å². The minimum atomic E-state index is -2.61. The van der Waals surface area contributed by atoms with Gasteiger partial charge in [-0.2, -0.15) is 0 Å². The van der Waals surface area contributed by atoms with Gasteiger partial charge in [-0.25, -0.2) is 0 Å². The SMILES string of the molecule is C=CC(NCCNc1ccccc1)O[Si](CCC)(OC)OC. The number of nitrogens with one attached hydrogen (secondary N) is 2. The summed E-state index contributed by atoms with van der Waals surface area (Å²) in [7, 11) is 0.677. The highest BCUT2D eigenvalue weighted by molar-refractivity contribution is 6.60. The maximum absolute atomic E-state index is 6.02. The fourth-order valence-electron chi connectivity index (χ4n) is 2.09. The number of hydrogen-bond donors (Lipinski definition) is 2. The van der Waals surface area contributed by atoms with Crippen LogP contribution in [0.1, 0.15) is 13.3 Å². The minimum Gasteiger partial charge on any atom is -0.384 e. The predicted octanol–water partition coefficient (Wildman–Crippen LogP) is 2.86. The summed E-state index contributed by atoms with van der Waals surface area (Å²) >= 11 is 0. The van der Waals surface area contributed by atoms with Gasteiger partial charge in [0.05, 0.1) is 0 Å². The van der Waals surface area contributed by atoms with E-state index in [2.05, 4.69) is 24.1 Å². The maximum Gasteiger partial charge on any atom is 0.501 e. The first kappa shape index (κ1) is 18.9. The molecule has 0 aliphatic carbocycles. The van der Waals surface area contributed by atoms with Crippen LogP contribution in [0.5, 0.6) is 0 Å². The molecule has 0 aliphatic heterocycles. The van der Waals surface area contributed by atoms with Crippen LogP contribution in [-0.4, -0.2) is 42.3 Å². The third-order valence-corrected chi connectivity index (χ3v) is 6.24. The summed E-state index contributed by atoms with van der Waals surface area (Å²) in [5.41, 5.74) is 1.10. The highest BCUT2D eigenvalue weighted by Crippen LogP contribution is 2.17. The van der Waals surface area contributed by atoms with E-state index in [4.69, 9.17) is 13.3 Å². The molecule has 6 heteroatoms. The van der Waals surface area contributed by atoms with E-state index in [-0.39, 0.29) is 6.23 Å². The van der Waals surface area contributed by atoms with Crippen LogP contribution in [0.3, 0.4) is 0 Å². The summed E-state index contributed by atoms with van der Waals surface area (Å²) in [5, 5.41) is 6.63. The van der Waals surface area contributed by atoms with E-state index >= 15 is 0 Å². The van der Waals surface area contributed by atoms with Crippen molar-refractivity contribution in [3.63, 3.8) is 0 Å². The molecule has 0 saturated heterocycles. The second-order valence-corrected chi connectivity index (χ2v) is 7.78. The zero-order chi connectivity index (χ0) is 16.3. The van der Waals surface area contributed by atoms with E-state index in [9.17, 15) is 0 Å². The topological polar surface area (TPSA) is 51.8 Å². The monoisotopic (exact) mass is 324 g/mol. The van der Waals surface area contributed by atoms with Crippen LogP contribution in [0.4, 0.5) is 5.69 Å². The van der Waals surface area contributed by atoms with Crippen molar-refractivity contribution in [3.05, 3.63) is 43.0 Å². The molecule has 0 saturated carbocycles. The lowest BCUT2D eigenvalue weighted by molar-refractivity contribution is 0.0610. The van der Waals surface area contributed by atoms with Crippen LogP contribution in [0.15, 0.2) is 43.0 Å². The molecule has 0 spiro atoms. The van der Waals surface area contributed by atoms with Crippen LogP contribution < -0.4 is 10.6 Å². The molecule has 1 unspecified atom stereocenters. The van der Waals surface area contributed by atoms with Gasteiger partial charge >= 0.3 is 8.80 Å². The first-order valence-corrected chi connectivity index (χ1v) is 9.56. The highest BCUT2D eigenvalue weighted by Gasteiger charge is 2.39. The lowest BCUT2D eigenvalue weighted by Crippen LogP contribution is -2.50. The molecule has 0 aromatic heterocycles. The van der Waals surface area contributed by atoms with Gasteiger partial charge in [-0.05, 0) is 18.2 Å². The average molecular weight is 324 g/mol. The second-order valence-electron chi connectivity index (χ2n) is 4.86. The largest absolute Gasteiger partial charge is 0.501 e. The Morgan fingerprint density at radius 1 is 1.18 bits per heavy atom. The molecular weight excluding hydrogens is 296 g/mol. The molecular formula is C16H28N2O3Si. The zero-order valence-corrected chi connectivity index (χ0v) is 14.8. The van der Waals surface area contributed by atoms with Crippen molar-refractivity contribution in [1.82, 2.24) is 5.32 Å². The van der Waals surface area contributed by atoms with Crippen molar-refractivity contribution in [1.29, 1.82) is 0 Å². The van der Waals surface area contributed by atoms with E-state index < -0.39 is 8.80 Å². The first-order chi connectivity index (χ1) is 10.7. The van der Waals surface area contributed by atoms with E-state index in [0.29, 0.717) is 0 Å². The summed E-state index contributed by atoms with van der Waals surface area (Å²) in [6.45, 7) is 7.44. The Labute approximate surface area is 135 Å². The van der Waals surface area contributed by atoms with E-state index in [1.807, 2.05) is 30.3 Å². The fourth-order valence-corrected chi connectivity index (χ4v) is 4.16. The van der Waals surface area contributed by atoms with Gasteiger partial charge in [0.2, 0.25) is 0 Å². The number of benzene rings is 1. The van der Waals surface area contributed by atoms with Crippen LogP contribution >= 0.6 is 0 Å². The average Bonchev–Trinajstić information content (AvgIpc) is 2.57. The molecule has 0 aliphatic rings. The van der Waals surface area contributed by atoms with Crippen molar-refractivity contribution in [3.8, 4) is 0 Å². The summed E-state index contributed by atoms with van der Waals surface area (Å²) in [4.78, 5) is 0. The van der Waals surface area contributed by atoms with Gasteiger partial charge < -0.3 is 18.6 Å². The molecule has 0 bridgehead atoms.